The molecule has 0 amide bonds. The molecule has 0 bridgehead atoms. The summed E-state index contributed by atoms with van der Waals surface area (Å²) in [5, 5.41) is 8.71. The number of hydrogen-bond acceptors (Lipinski definition) is 3. The van der Waals surface area contributed by atoms with Crippen LogP contribution in [0.1, 0.15) is 12.5 Å². The van der Waals surface area contributed by atoms with Crippen molar-refractivity contribution in [3.05, 3.63) is 29.3 Å². The lowest BCUT2D eigenvalue weighted by atomic mass is 10.1. The minimum absolute atomic E-state index is 0.223. The van der Waals surface area contributed by atoms with Crippen LogP contribution in [-0.4, -0.2) is 17.9 Å². The topological polar surface area (TPSA) is 55.8 Å². The molecule has 1 N–H and O–H groups in total. The van der Waals surface area contributed by atoms with Gasteiger partial charge in [-0.05, 0) is 30.7 Å². The molecule has 0 aliphatic carbocycles. The average molecular weight is 206 g/mol. The Balaban J connectivity index is 2.31. The van der Waals surface area contributed by atoms with Crippen LogP contribution < -0.4 is 9.47 Å². The molecular weight excluding hydrogens is 196 g/mol. The van der Waals surface area contributed by atoms with Crippen molar-refractivity contribution in [3.8, 4) is 11.5 Å². The second kappa shape index (κ2) is 3.65. The van der Waals surface area contributed by atoms with Gasteiger partial charge in [0.15, 0.2) is 11.5 Å². The van der Waals surface area contributed by atoms with Crippen LogP contribution in [0.5, 0.6) is 11.5 Å². The van der Waals surface area contributed by atoms with Crippen molar-refractivity contribution in [3.63, 3.8) is 0 Å². The molecule has 78 valence electrons. The summed E-state index contributed by atoms with van der Waals surface area (Å²) in [5.74, 6) is 0.426. The van der Waals surface area contributed by atoms with Crippen molar-refractivity contribution in [2.45, 2.75) is 6.92 Å². The first-order valence-electron chi connectivity index (χ1n) is 4.48. The van der Waals surface area contributed by atoms with Crippen molar-refractivity contribution in [1.82, 2.24) is 0 Å². The molecule has 0 aromatic heterocycles. The molecule has 0 radical (unpaired) electrons. The molecule has 1 heterocycles. The Kier molecular flexibility index (Phi) is 2.33. The molecule has 1 aromatic rings. The van der Waals surface area contributed by atoms with E-state index in [1.165, 1.54) is 0 Å². The van der Waals surface area contributed by atoms with Crippen LogP contribution in [0.25, 0.3) is 6.08 Å². The maximum Gasteiger partial charge on any atom is 0.331 e. The lowest BCUT2D eigenvalue weighted by molar-refractivity contribution is -0.132. The average Bonchev–Trinajstić information content (AvgIpc) is 2.64. The summed E-state index contributed by atoms with van der Waals surface area (Å²) < 4.78 is 10.3. The number of ether oxygens (including phenoxy) is 2. The second-order valence-corrected chi connectivity index (χ2v) is 3.25. The van der Waals surface area contributed by atoms with E-state index >= 15 is 0 Å². The third-order valence-electron chi connectivity index (χ3n) is 2.12. The largest absolute Gasteiger partial charge is 0.478 e. The summed E-state index contributed by atoms with van der Waals surface area (Å²) in [6.45, 7) is 1.77. The van der Waals surface area contributed by atoms with Crippen molar-refractivity contribution in [2.75, 3.05) is 6.79 Å². The fraction of sp³-hybridized carbons (Fsp3) is 0.182. The van der Waals surface area contributed by atoms with Gasteiger partial charge < -0.3 is 14.6 Å². The van der Waals surface area contributed by atoms with Crippen LogP contribution in [0.2, 0.25) is 0 Å². The molecule has 0 fully saturated rings. The molecule has 2 rings (SSSR count). The zero-order valence-corrected chi connectivity index (χ0v) is 8.19. The third kappa shape index (κ3) is 1.93. The minimum atomic E-state index is -0.923. The zero-order valence-electron chi connectivity index (χ0n) is 8.19. The molecule has 4 heteroatoms. The maximum atomic E-state index is 10.6. The third-order valence-corrected chi connectivity index (χ3v) is 2.12. The van der Waals surface area contributed by atoms with Crippen LogP contribution in [-0.2, 0) is 4.79 Å². The molecule has 0 atom stereocenters. The number of carbonyl (C=O) groups is 1. The van der Waals surface area contributed by atoms with E-state index in [4.69, 9.17) is 14.6 Å². The molecule has 0 saturated carbocycles. The summed E-state index contributed by atoms with van der Waals surface area (Å²) in [7, 11) is 0. The van der Waals surface area contributed by atoms with Gasteiger partial charge in [0.25, 0.3) is 0 Å². The van der Waals surface area contributed by atoms with E-state index in [-0.39, 0.29) is 12.4 Å². The predicted molar refractivity (Wildman–Crippen MR) is 53.9 cm³/mol. The molecule has 1 aliphatic heterocycles. The van der Waals surface area contributed by atoms with Gasteiger partial charge in [0.05, 0.1) is 0 Å². The Morgan fingerprint density at radius 3 is 2.87 bits per heavy atom. The van der Waals surface area contributed by atoms with Crippen molar-refractivity contribution >= 4 is 12.0 Å². The number of fused-ring (bicyclic) bond motifs is 1. The molecule has 0 saturated heterocycles. The highest BCUT2D eigenvalue weighted by molar-refractivity contribution is 5.91. The molecule has 0 spiro atoms. The smallest absolute Gasteiger partial charge is 0.331 e. The van der Waals surface area contributed by atoms with E-state index in [0.717, 1.165) is 5.56 Å². The number of rotatable bonds is 2. The standard InChI is InChI=1S/C11H10O4/c1-7(11(12)13)4-8-2-3-9-10(5-8)15-6-14-9/h2-5H,6H2,1H3,(H,12,13). The van der Waals surface area contributed by atoms with E-state index in [1.807, 2.05) is 0 Å². The van der Waals surface area contributed by atoms with Gasteiger partial charge in [0, 0.05) is 5.57 Å². The fourth-order valence-electron chi connectivity index (χ4n) is 1.31. The number of carboxylic acid groups (broad SMARTS) is 1. The van der Waals surface area contributed by atoms with Crippen molar-refractivity contribution < 1.29 is 19.4 Å². The van der Waals surface area contributed by atoms with Crippen LogP contribution >= 0.6 is 0 Å². The summed E-state index contributed by atoms with van der Waals surface area (Å²) in [6.07, 6.45) is 1.59. The first kappa shape index (κ1) is 9.58. The Labute approximate surface area is 86.7 Å². The number of hydrogen-bond donors (Lipinski definition) is 1. The summed E-state index contributed by atoms with van der Waals surface area (Å²) in [5.41, 5.74) is 1.08. The van der Waals surface area contributed by atoms with Crippen molar-refractivity contribution in [1.29, 1.82) is 0 Å². The number of aliphatic carboxylic acids is 1. The SMILES string of the molecule is CC(=Cc1ccc2c(c1)OCO2)C(=O)O. The molecular formula is C11H10O4. The van der Waals surface area contributed by atoms with E-state index in [1.54, 1.807) is 31.2 Å². The Morgan fingerprint density at radius 2 is 2.13 bits per heavy atom. The molecule has 15 heavy (non-hydrogen) atoms. The van der Waals surface area contributed by atoms with Gasteiger partial charge in [-0.3, -0.25) is 0 Å². The van der Waals surface area contributed by atoms with E-state index < -0.39 is 5.97 Å². The lowest BCUT2D eigenvalue weighted by Gasteiger charge is -1.98. The maximum absolute atomic E-state index is 10.6. The van der Waals surface area contributed by atoms with Crippen LogP contribution in [0, 0.1) is 0 Å². The molecule has 0 unspecified atom stereocenters. The van der Waals surface area contributed by atoms with E-state index in [9.17, 15) is 4.79 Å². The van der Waals surface area contributed by atoms with Gasteiger partial charge in [0.2, 0.25) is 6.79 Å². The van der Waals surface area contributed by atoms with Gasteiger partial charge in [0.1, 0.15) is 0 Å². The second-order valence-electron chi connectivity index (χ2n) is 3.25. The first-order valence-corrected chi connectivity index (χ1v) is 4.48. The highest BCUT2D eigenvalue weighted by Crippen LogP contribution is 2.32. The van der Waals surface area contributed by atoms with Gasteiger partial charge in [-0.25, -0.2) is 4.79 Å². The van der Waals surface area contributed by atoms with Crippen LogP contribution in [0.4, 0.5) is 0 Å². The van der Waals surface area contributed by atoms with Crippen LogP contribution in [0.3, 0.4) is 0 Å². The van der Waals surface area contributed by atoms with Gasteiger partial charge >= 0.3 is 5.97 Å². The highest BCUT2D eigenvalue weighted by atomic mass is 16.7. The van der Waals surface area contributed by atoms with Crippen LogP contribution in [0.15, 0.2) is 23.8 Å². The Morgan fingerprint density at radius 1 is 1.40 bits per heavy atom. The first-order chi connectivity index (χ1) is 7.16. The zero-order chi connectivity index (χ0) is 10.8. The number of benzene rings is 1. The molecule has 4 nitrogen and oxygen atoms in total. The van der Waals surface area contributed by atoms with Gasteiger partial charge in [-0.1, -0.05) is 6.07 Å². The molecule has 1 aromatic carbocycles. The molecule has 1 aliphatic rings. The minimum Gasteiger partial charge on any atom is -0.478 e. The monoisotopic (exact) mass is 206 g/mol. The highest BCUT2D eigenvalue weighted by Gasteiger charge is 2.12. The fourth-order valence-corrected chi connectivity index (χ4v) is 1.31. The summed E-state index contributed by atoms with van der Waals surface area (Å²) >= 11 is 0. The Bertz CT molecular complexity index is 434. The predicted octanol–water partition coefficient (Wildman–Crippen LogP) is 1.90. The van der Waals surface area contributed by atoms with Crippen molar-refractivity contribution in [2.24, 2.45) is 0 Å². The van der Waals surface area contributed by atoms with Gasteiger partial charge in [-0.15, -0.1) is 0 Å². The van der Waals surface area contributed by atoms with E-state index in [0.29, 0.717) is 11.5 Å². The summed E-state index contributed by atoms with van der Waals surface area (Å²) in [4.78, 5) is 10.6. The summed E-state index contributed by atoms with van der Waals surface area (Å²) in [6, 6.07) is 5.32. The van der Waals surface area contributed by atoms with E-state index in [2.05, 4.69) is 0 Å². The van der Waals surface area contributed by atoms with Gasteiger partial charge in [-0.2, -0.15) is 0 Å². The number of carboxylic acids is 1. The lowest BCUT2D eigenvalue weighted by Crippen LogP contribution is -1.95. The normalized spacial score (nSPS) is 14.1. The quantitative estimate of drug-likeness (QED) is 0.751. The Hall–Kier alpha value is -1.97.